The number of carbonyl (C=O) groups is 1. The Morgan fingerprint density at radius 1 is 1.29 bits per heavy atom. The highest BCUT2D eigenvalue weighted by molar-refractivity contribution is 5.67. The number of hydrogen-bond acceptors (Lipinski definition) is 4. The number of rotatable bonds is 6. The maximum Gasteiger partial charge on any atom is 0.407 e. The van der Waals surface area contributed by atoms with Gasteiger partial charge in [-0.15, -0.1) is 0 Å². The number of aliphatic hydroxyl groups excluding tert-OH is 2. The number of nitrogens with one attached hydrogen (secondary N) is 1. The minimum absolute atomic E-state index is 0.130. The third-order valence-corrected chi connectivity index (χ3v) is 3.23. The van der Waals surface area contributed by atoms with Gasteiger partial charge < -0.3 is 20.3 Å². The fourth-order valence-electron chi connectivity index (χ4n) is 2.08. The summed E-state index contributed by atoms with van der Waals surface area (Å²) in [6.45, 7) is 5.79. The van der Waals surface area contributed by atoms with Crippen LogP contribution < -0.4 is 5.32 Å². The largest absolute Gasteiger partial charge is 0.445 e. The molecular formula is C16H25NO4. The van der Waals surface area contributed by atoms with Crippen LogP contribution in [0, 0.1) is 5.41 Å². The van der Waals surface area contributed by atoms with Crippen molar-refractivity contribution in [2.24, 2.45) is 5.41 Å². The lowest BCUT2D eigenvalue weighted by Crippen LogP contribution is -2.51. The van der Waals surface area contributed by atoms with E-state index in [1.807, 2.05) is 51.1 Å². The molecule has 2 atom stereocenters. The van der Waals surface area contributed by atoms with E-state index >= 15 is 0 Å². The Balaban J connectivity index is 2.56. The van der Waals surface area contributed by atoms with Crippen LogP contribution in [0.1, 0.15) is 32.8 Å². The molecule has 5 nitrogen and oxygen atoms in total. The second kappa shape index (κ2) is 8.00. The van der Waals surface area contributed by atoms with Crippen LogP contribution in [0.25, 0.3) is 0 Å². The van der Waals surface area contributed by atoms with Crippen LogP contribution in [0.3, 0.4) is 0 Å². The Labute approximate surface area is 125 Å². The van der Waals surface area contributed by atoms with Crippen molar-refractivity contribution < 1.29 is 19.7 Å². The molecule has 0 fully saturated rings. The van der Waals surface area contributed by atoms with Crippen molar-refractivity contribution in [3.8, 4) is 0 Å². The number of carbonyl (C=O) groups excluding carboxylic acids is 1. The Kier molecular flexibility index (Phi) is 6.65. The first-order valence-electron chi connectivity index (χ1n) is 7.10. The molecule has 1 aromatic carbocycles. The molecule has 0 spiro atoms. The molecule has 0 saturated heterocycles. The van der Waals surface area contributed by atoms with E-state index in [-0.39, 0.29) is 25.0 Å². The minimum atomic E-state index is -0.820. The highest BCUT2D eigenvalue weighted by atomic mass is 16.5. The van der Waals surface area contributed by atoms with E-state index < -0.39 is 18.2 Å². The summed E-state index contributed by atoms with van der Waals surface area (Å²) in [7, 11) is 0. The minimum Gasteiger partial charge on any atom is -0.445 e. The average molecular weight is 295 g/mol. The molecular weight excluding hydrogens is 270 g/mol. The smallest absolute Gasteiger partial charge is 0.407 e. The molecule has 0 heterocycles. The fourth-order valence-corrected chi connectivity index (χ4v) is 2.08. The zero-order chi connectivity index (χ0) is 15.9. The van der Waals surface area contributed by atoms with Crippen LogP contribution in [0.2, 0.25) is 0 Å². The molecule has 0 radical (unpaired) electrons. The Morgan fingerprint density at radius 3 is 2.43 bits per heavy atom. The van der Waals surface area contributed by atoms with Crippen molar-refractivity contribution in [1.82, 2.24) is 5.32 Å². The van der Waals surface area contributed by atoms with E-state index in [0.717, 1.165) is 5.56 Å². The molecule has 0 bridgehead atoms. The van der Waals surface area contributed by atoms with Gasteiger partial charge in [0.05, 0.1) is 12.1 Å². The zero-order valence-electron chi connectivity index (χ0n) is 12.9. The van der Waals surface area contributed by atoms with Crippen molar-refractivity contribution in [2.45, 2.75) is 45.9 Å². The molecule has 0 aromatic heterocycles. The van der Waals surface area contributed by atoms with Gasteiger partial charge in [-0.05, 0) is 17.4 Å². The first-order valence-corrected chi connectivity index (χ1v) is 7.10. The molecule has 1 aromatic rings. The molecule has 0 aliphatic carbocycles. The van der Waals surface area contributed by atoms with E-state index in [1.54, 1.807) is 0 Å². The summed E-state index contributed by atoms with van der Waals surface area (Å²) >= 11 is 0. The van der Waals surface area contributed by atoms with Crippen molar-refractivity contribution in [2.75, 3.05) is 6.61 Å². The predicted molar refractivity (Wildman–Crippen MR) is 80.7 cm³/mol. The van der Waals surface area contributed by atoms with Crippen LogP contribution >= 0.6 is 0 Å². The van der Waals surface area contributed by atoms with Gasteiger partial charge in [-0.25, -0.2) is 4.79 Å². The normalized spacial score (nSPS) is 14.3. The van der Waals surface area contributed by atoms with E-state index in [4.69, 9.17) is 9.84 Å². The summed E-state index contributed by atoms with van der Waals surface area (Å²) in [6.07, 6.45) is -1.18. The van der Waals surface area contributed by atoms with Gasteiger partial charge in [0.1, 0.15) is 6.61 Å². The number of alkyl carbamates (subject to hydrolysis) is 1. The van der Waals surface area contributed by atoms with Crippen LogP contribution in [0.4, 0.5) is 4.79 Å². The standard InChI is InChI=1S/C16H25NO4/c1-16(2,3)14(13(19)9-10-18)17-15(20)21-11-12-7-5-4-6-8-12/h4-8,13-14,18-19H,9-11H2,1-3H3,(H,17,20)/t13-,14-/m1/s1. The molecule has 3 N–H and O–H groups in total. The third-order valence-electron chi connectivity index (χ3n) is 3.23. The average Bonchev–Trinajstić information content (AvgIpc) is 2.42. The van der Waals surface area contributed by atoms with Crippen LogP contribution in [-0.2, 0) is 11.3 Å². The van der Waals surface area contributed by atoms with Crippen LogP contribution in [-0.4, -0.2) is 35.1 Å². The van der Waals surface area contributed by atoms with Gasteiger partial charge in [0, 0.05) is 6.61 Å². The molecule has 1 amide bonds. The van der Waals surface area contributed by atoms with E-state index in [1.165, 1.54) is 0 Å². The van der Waals surface area contributed by atoms with E-state index in [9.17, 15) is 9.90 Å². The predicted octanol–water partition coefficient (Wildman–Crippen LogP) is 2.07. The van der Waals surface area contributed by atoms with Crippen molar-refractivity contribution in [3.05, 3.63) is 35.9 Å². The molecule has 1 rings (SSSR count). The molecule has 0 aliphatic heterocycles. The summed E-state index contributed by atoms with van der Waals surface area (Å²) in [5.74, 6) is 0. The molecule has 0 saturated carbocycles. The topological polar surface area (TPSA) is 78.8 Å². The fraction of sp³-hybridized carbons (Fsp3) is 0.562. The Bertz CT molecular complexity index is 428. The molecule has 5 heteroatoms. The van der Waals surface area contributed by atoms with E-state index in [2.05, 4.69) is 5.32 Å². The van der Waals surface area contributed by atoms with Crippen molar-refractivity contribution >= 4 is 6.09 Å². The second-order valence-electron chi connectivity index (χ2n) is 6.13. The van der Waals surface area contributed by atoms with Crippen LogP contribution in [0.15, 0.2) is 30.3 Å². The van der Waals surface area contributed by atoms with Gasteiger partial charge in [-0.1, -0.05) is 51.1 Å². The van der Waals surface area contributed by atoms with Crippen molar-refractivity contribution in [1.29, 1.82) is 0 Å². The SMILES string of the molecule is CC(C)(C)[C@H](NC(=O)OCc1ccccc1)[C@H](O)CCO. The molecule has 21 heavy (non-hydrogen) atoms. The molecule has 118 valence electrons. The number of aliphatic hydroxyl groups is 2. The molecule has 0 unspecified atom stereocenters. The lowest BCUT2D eigenvalue weighted by atomic mass is 9.82. The number of amides is 1. The second-order valence-corrected chi connectivity index (χ2v) is 6.13. The van der Waals surface area contributed by atoms with Gasteiger partial charge >= 0.3 is 6.09 Å². The summed E-state index contributed by atoms with van der Waals surface area (Å²) in [5.41, 5.74) is 0.552. The lowest BCUT2D eigenvalue weighted by Gasteiger charge is -2.34. The van der Waals surface area contributed by atoms with Gasteiger partial charge in [-0.2, -0.15) is 0 Å². The summed E-state index contributed by atoms with van der Waals surface area (Å²) in [5, 5.41) is 21.7. The monoisotopic (exact) mass is 295 g/mol. The summed E-state index contributed by atoms with van der Waals surface area (Å²) in [6, 6.07) is 8.89. The maximum atomic E-state index is 11.9. The highest BCUT2D eigenvalue weighted by Crippen LogP contribution is 2.23. The Hall–Kier alpha value is -1.59. The highest BCUT2D eigenvalue weighted by Gasteiger charge is 2.32. The van der Waals surface area contributed by atoms with Crippen LogP contribution in [0.5, 0.6) is 0 Å². The first kappa shape index (κ1) is 17.5. The Morgan fingerprint density at radius 2 is 1.90 bits per heavy atom. The third kappa shape index (κ3) is 6.14. The van der Waals surface area contributed by atoms with Gasteiger partial charge in [0.15, 0.2) is 0 Å². The summed E-state index contributed by atoms with van der Waals surface area (Å²) in [4.78, 5) is 11.9. The number of ether oxygens (including phenoxy) is 1. The van der Waals surface area contributed by atoms with Gasteiger partial charge in [-0.3, -0.25) is 0 Å². The van der Waals surface area contributed by atoms with Gasteiger partial charge in [0.25, 0.3) is 0 Å². The summed E-state index contributed by atoms with van der Waals surface area (Å²) < 4.78 is 5.16. The van der Waals surface area contributed by atoms with Gasteiger partial charge in [0.2, 0.25) is 0 Å². The number of hydrogen-bond donors (Lipinski definition) is 3. The quantitative estimate of drug-likeness (QED) is 0.750. The van der Waals surface area contributed by atoms with E-state index in [0.29, 0.717) is 0 Å². The zero-order valence-corrected chi connectivity index (χ0v) is 12.9. The first-order chi connectivity index (χ1) is 9.84. The number of benzene rings is 1. The molecule has 0 aliphatic rings. The maximum absolute atomic E-state index is 11.9. The van der Waals surface area contributed by atoms with Crippen molar-refractivity contribution in [3.63, 3.8) is 0 Å². The lowest BCUT2D eigenvalue weighted by molar-refractivity contribution is 0.0442.